The van der Waals surface area contributed by atoms with Crippen LogP contribution in [0.4, 0.5) is 5.69 Å². The topological polar surface area (TPSA) is 32.3 Å². The van der Waals surface area contributed by atoms with Crippen LogP contribution in [0, 0.1) is 0 Å². The first-order valence-corrected chi connectivity index (χ1v) is 9.62. The summed E-state index contributed by atoms with van der Waals surface area (Å²) in [5.74, 6) is -0.0719. The highest BCUT2D eigenvalue weighted by molar-refractivity contribution is 9.10. The smallest absolute Gasteiger partial charge is 0.267 e. The van der Waals surface area contributed by atoms with Gasteiger partial charge in [0.15, 0.2) is 0 Å². The van der Waals surface area contributed by atoms with Gasteiger partial charge in [-0.1, -0.05) is 82.4 Å². The van der Waals surface area contributed by atoms with Crippen LogP contribution < -0.4 is 5.32 Å². The molecule has 6 heteroatoms. The Kier molecular flexibility index (Phi) is 6.07. The number of allylic oxidation sites excluding steroid dienone is 2. The van der Waals surface area contributed by atoms with Crippen LogP contribution >= 0.6 is 39.9 Å². The van der Waals surface area contributed by atoms with Crippen LogP contribution in [0.5, 0.6) is 0 Å². The number of carbonyl (C=O) groups excluding carboxylic acids is 1. The zero-order valence-corrected chi connectivity index (χ0v) is 16.4. The summed E-state index contributed by atoms with van der Waals surface area (Å²) in [6.45, 7) is 0.353. The zero-order chi connectivity index (χ0) is 17.6. The summed E-state index contributed by atoms with van der Waals surface area (Å²) in [7, 11) is 0. The van der Waals surface area contributed by atoms with Crippen molar-refractivity contribution in [1.82, 2.24) is 4.90 Å². The van der Waals surface area contributed by atoms with E-state index < -0.39 is 0 Å². The van der Waals surface area contributed by atoms with Crippen LogP contribution in [0.3, 0.4) is 0 Å². The predicted octanol–water partition coefficient (Wildman–Crippen LogP) is 5.28. The number of thioether (sulfide) groups is 1. The Morgan fingerprint density at radius 2 is 1.84 bits per heavy atom. The molecule has 0 atom stereocenters. The van der Waals surface area contributed by atoms with Crippen LogP contribution in [0.2, 0.25) is 0 Å². The number of nitrogens with one attached hydrogen (secondary N) is 1. The SMILES string of the molecule is O=C1/C(=C\C=C\c2ccccc2)SC(=S)N1CNc1ccc(Br)cc1. The molecule has 3 nitrogen and oxygen atoms in total. The molecule has 0 bridgehead atoms. The van der Waals surface area contributed by atoms with Crippen molar-refractivity contribution in [3.63, 3.8) is 0 Å². The molecule has 25 heavy (non-hydrogen) atoms. The van der Waals surface area contributed by atoms with Crippen molar-refractivity contribution in [2.45, 2.75) is 0 Å². The molecule has 1 aliphatic rings. The molecule has 0 aromatic heterocycles. The molecule has 0 aliphatic carbocycles. The lowest BCUT2D eigenvalue weighted by Gasteiger charge is -2.16. The number of amides is 1. The minimum absolute atomic E-state index is 0.0719. The number of anilines is 1. The molecule has 0 radical (unpaired) electrons. The van der Waals surface area contributed by atoms with Crippen LogP contribution in [0.25, 0.3) is 6.08 Å². The minimum atomic E-state index is -0.0719. The number of halogens is 1. The second-order valence-corrected chi connectivity index (χ2v) is 7.84. The van der Waals surface area contributed by atoms with Gasteiger partial charge >= 0.3 is 0 Å². The maximum absolute atomic E-state index is 12.5. The van der Waals surface area contributed by atoms with Crippen molar-refractivity contribution in [3.8, 4) is 0 Å². The predicted molar refractivity (Wildman–Crippen MR) is 113 cm³/mol. The maximum atomic E-state index is 12.5. The van der Waals surface area contributed by atoms with Gasteiger partial charge in [-0.2, -0.15) is 0 Å². The molecule has 2 aromatic carbocycles. The van der Waals surface area contributed by atoms with Crippen LogP contribution in [0.15, 0.2) is 76.1 Å². The molecule has 0 saturated carbocycles. The van der Waals surface area contributed by atoms with Crippen molar-refractivity contribution in [2.75, 3.05) is 12.0 Å². The van der Waals surface area contributed by atoms with Crippen molar-refractivity contribution in [1.29, 1.82) is 0 Å². The molecule has 1 heterocycles. The molecular formula is C19H15BrN2OS2. The van der Waals surface area contributed by atoms with Gasteiger partial charge in [-0.3, -0.25) is 9.69 Å². The number of hydrogen-bond acceptors (Lipinski definition) is 4. The van der Waals surface area contributed by atoms with E-state index in [2.05, 4.69) is 21.2 Å². The van der Waals surface area contributed by atoms with Gasteiger partial charge in [0.1, 0.15) is 4.32 Å². The maximum Gasteiger partial charge on any atom is 0.267 e. The summed E-state index contributed by atoms with van der Waals surface area (Å²) in [5.41, 5.74) is 2.02. The van der Waals surface area contributed by atoms with Crippen LogP contribution in [-0.2, 0) is 4.79 Å². The molecule has 1 N–H and O–H groups in total. The molecule has 1 fully saturated rings. The molecule has 1 saturated heterocycles. The Morgan fingerprint density at radius 1 is 1.12 bits per heavy atom. The van der Waals surface area contributed by atoms with Crippen molar-refractivity contribution >= 4 is 61.9 Å². The summed E-state index contributed by atoms with van der Waals surface area (Å²) >= 11 is 10.1. The lowest BCUT2D eigenvalue weighted by atomic mass is 10.2. The van der Waals surface area contributed by atoms with E-state index in [1.54, 1.807) is 4.90 Å². The molecule has 3 rings (SSSR count). The van der Waals surface area contributed by atoms with E-state index in [4.69, 9.17) is 12.2 Å². The number of hydrogen-bond donors (Lipinski definition) is 1. The Labute approximate surface area is 164 Å². The molecule has 2 aromatic rings. The first-order chi connectivity index (χ1) is 12.1. The van der Waals surface area contributed by atoms with E-state index in [9.17, 15) is 4.79 Å². The van der Waals surface area contributed by atoms with Gasteiger partial charge in [-0.25, -0.2) is 0 Å². The van der Waals surface area contributed by atoms with Gasteiger partial charge in [0.2, 0.25) is 0 Å². The Bertz CT molecular complexity index is 832. The Balaban J connectivity index is 1.62. The van der Waals surface area contributed by atoms with Gasteiger partial charge in [-0.15, -0.1) is 0 Å². The van der Waals surface area contributed by atoms with E-state index in [-0.39, 0.29) is 5.91 Å². The van der Waals surface area contributed by atoms with Gasteiger partial charge in [-0.05, 0) is 35.9 Å². The van der Waals surface area contributed by atoms with Gasteiger partial charge in [0, 0.05) is 10.2 Å². The quantitative estimate of drug-likeness (QED) is 0.516. The van der Waals surface area contributed by atoms with Crippen LogP contribution in [-0.4, -0.2) is 21.8 Å². The minimum Gasteiger partial charge on any atom is -0.367 e. The van der Waals surface area contributed by atoms with E-state index in [0.29, 0.717) is 15.9 Å². The molecule has 0 spiro atoms. The normalized spacial score (nSPS) is 16.2. The largest absolute Gasteiger partial charge is 0.367 e. The lowest BCUT2D eigenvalue weighted by Crippen LogP contribution is -2.33. The van der Waals surface area contributed by atoms with Crippen molar-refractivity contribution in [3.05, 3.63) is 81.7 Å². The van der Waals surface area contributed by atoms with Crippen molar-refractivity contribution < 1.29 is 4.79 Å². The average molecular weight is 431 g/mol. The van der Waals surface area contributed by atoms with E-state index >= 15 is 0 Å². The third-order valence-electron chi connectivity index (χ3n) is 3.49. The fourth-order valence-corrected chi connectivity index (χ4v) is 3.67. The Morgan fingerprint density at radius 3 is 2.56 bits per heavy atom. The molecule has 1 amide bonds. The summed E-state index contributed by atoms with van der Waals surface area (Å²) in [6.07, 6.45) is 5.66. The molecule has 0 unspecified atom stereocenters. The van der Waals surface area contributed by atoms with E-state index in [0.717, 1.165) is 15.7 Å². The van der Waals surface area contributed by atoms with E-state index in [1.165, 1.54) is 11.8 Å². The van der Waals surface area contributed by atoms with Crippen molar-refractivity contribution in [2.24, 2.45) is 0 Å². The number of nitrogens with zero attached hydrogens (tertiary/aromatic N) is 1. The van der Waals surface area contributed by atoms with Gasteiger partial charge < -0.3 is 5.32 Å². The third kappa shape index (κ3) is 4.81. The second-order valence-electron chi connectivity index (χ2n) is 5.24. The summed E-state index contributed by atoms with van der Waals surface area (Å²) in [4.78, 5) is 14.7. The second kappa shape index (κ2) is 8.47. The number of thiocarbonyl (C=S) groups is 1. The number of benzene rings is 2. The Hall–Kier alpha value is -1.89. The third-order valence-corrected chi connectivity index (χ3v) is 5.42. The van der Waals surface area contributed by atoms with Gasteiger partial charge in [0.25, 0.3) is 5.91 Å². The fraction of sp³-hybridized carbons (Fsp3) is 0.0526. The monoisotopic (exact) mass is 430 g/mol. The van der Waals surface area contributed by atoms with Gasteiger partial charge in [0.05, 0.1) is 11.6 Å². The zero-order valence-electron chi connectivity index (χ0n) is 13.2. The molecular weight excluding hydrogens is 416 g/mol. The summed E-state index contributed by atoms with van der Waals surface area (Å²) < 4.78 is 1.57. The fourth-order valence-electron chi connectivity index (χ4n) is 2.20. The first kappa shape index (κ1) is 17.9. The number of carbonyl (C=O) groups is 1. The number of rotatable bonds is 5. The highest BCUT2D eigenvalue weighted by Crippen LogP contribution is 2.31. The highest BCUT2D eigenvalue weighted by atomic mass is 79.9. The molecule has 126 valence electrons. The highest BCUT2D eigenvalue weighted by Gasteiger charge is 2.31. The summed E-state index contributed by atoms with van der Waals surface area (Å²) in [5, 5.41) is 3.22. The average Bonchev–Trinajstić information content (AvgIpc) is 2.89. The van der Waals surface area contributed by atoms with E-state index in [1.807, 2.05) is 72.8 Å². The lowest BCUT2D eigenvalue weighted by molar-refractivity contribution is -0.121. The standard InChI is InChI=1S/C19H15BrN2OS2/c20-15-9-11-16(12-10-15)21-13-22-18(23)17(25-19(22)24)8-4-7-14-5-2-1-3-6-14/h1-12,21H,13H2/b7-4+,17-8+. The first-order valence-electron chi connectivity index (χ1n) is 7.60. The summed E-state index contributed by atoms with van der Waals surface area (Å²) in [6, 6.07) is 17.7. The van der Waals surface area contributed by atoms with Crippen LogP contribution in [0.1, 0.15) is 5.56 Å². The molecule has 1 aliphatic heterocycles.